The molecule has 0 fully saturated rings. The van der Waals surface area contributed by atoms with E-state index in [1.165, 1.54) is 60.1 Å². The third kappa shape index (κ3) is 5.13. The van der Waals surface area contributed by atoms with Crippen molar-refractivity contribution in [3.8, 4) is 16.9 Å². The molecule has 3 unspecified atom stereocenters. The van der Waals surface area contributed by atoms with E-state index in [-0.39, 0.29) is 14.0 Å². The molecule has 0 heterocycles. The van der Waals surface area contributed by atoms with Gasteiger partial charge in [0.15, 0.2) is 0 Å². The van der Waals surface area contributed by atoms with Crippen LogP contribution < -0.4 is 4.52 Å². The smallest absolute Gasteiger partial charge is 0.131 e. The van der Waals surface area contributed by atoms with Gasteiger partial charge in [0.1, 0.15) is 5.75 Å². The maximum Gasteiger partial charge on any atom is 0.131 e. The van der Waals surface area contributed by atoms with Crippen molar-refractivity contribution in [2.45, 2.75) is 58.5 Å². The highest BCUT2D eigenvalue weighted by Crippen LogP contribution is 2.50. The van der Waals surface area contributed by atoms with Gasteiger partial charge in [0.05, 0.1) is 8.81 Å². The quantitative estimate of drug-likeness (QED) is 0.170. The number of aryl methyl sites for hydroxylation is 1. The van der Waals surface area contributed by atoms with Crippen LogP contribution in [0.15, 0.2) is 109 Å². The van der Waals surface area contributed by atoms with E-state index in [1.807, 2.05) is 0 Å². The molecule has 0 aliphatic heterocycles. The second-order valence-electron chi connectivity index (χ2n) is 11.7. The first-order valence-corrected chi connectivity index (χ1v) is 15.8. The number of hydrogen-bond acceptors (Lipinski definition) is 1. The third-order valence-corrected chi connectivity index (χ3v) is 10.5. The summed E-state index contributed by atoms with van der Waals surface area (Å²) in [4.78, 5) is 0. The van der Waals surface area contributed by atoms with E-state index in [2.05, 4.69) is 144 Å². The Kier molecular flexibility index (Phi) is 7.58. The Labute approximate surface area is 246 Å². The van der Waals surface area contributed by atoms with Crippen molar-refractivity contribution in [1.29, 1.82) is 0 Å². The van der Waals surface area contributed by atoms with Crippen molar-refractivity contribution in [2.24, 2.45) is 0 Å². The Morgan fingerprint density at radius 3 is 2.00 bits per heavy atom. The van der Waals surface area contributed by atoms with Gasteiger partial charge in [0.25, 0.3) is 0 Å². The van der Waals surface area contributed by atoms with Gasteiger partial charge in [-0.25, -0.2) is 0 Å². The fourth-order valence-electron chi connectivity index (χ4n) is 5.96. The van der Waals surface area contributed by atoms with Crippen LogP contribution in [0.2, 0.25) is 0 Å². The van der Waals surface area contributed by atoms with Crippen LogP contribution in [0.4, 0.5) is 0 Å². The number of benzene rings is 6. The van der Waals surface area contributed by atoms with Crippen LogP contribution in [-0.2, 0) is 5.16 Å². The second-order valence-corrected chi connectivity index (χ2v) is 13.2. The predicted octanol–water partition coefficient (Wildman–Crippen LogP) is 11.9. The molecule has 0 aliphatic rings. The molecule has 3 atom stereocenters. The largest absolute Gasteiger partial charge is 0.476 e. The summed E-state index contributed by atoms with van der Waals surface area (Å²) >= 11 is 0. The average molecular weight is 555 g/mol. The van der Waals surface area contributed by atoms with Crippen molar-refractivity contribution in [3.63, 3.8) is 0 Å². The van der Waals surface area contributed by atoms with Gasteiger partial charge >= 0.3 is 0 Å². The molecule has 0 spiro atoms. The van der Waals surface area contributed by atoms with Crippen LogP contribution in [-0.4, -0.2) is 0 Å². The van der Waals surface area contributed by atoms with E-state index in [4.69, 9.17) is 4.52 Å². The Hall–Kier alpha value is -3.67. The van der Waals surface area contributed by atoms with Crippen molar-refractivity contribution in [3.05, 3.63) is 126 Å². The van der Waals surface area contributed by atoms with E-state index in [9.17, 15) is 0 Å². The molecule has 0 N–H and O–H groups in total. The SMILES string of the molecule is CCC(C)c1ccc2cc(C(C)(CC)POc3ccc4ccccc4c3-c3c(C)ccc4ccccc34)ccc2c1. The molecule has 0 saturated heterocycles. The van der Waals surface area contributed by atoms with E-state index < -0.39 is 0 Å². The molecule has 41 heavy (non-hydrogen) atoms. The lowest BCUT2D eigenvalue weighted by Crippen LogP contribution is -2.16. The summed E-state index contributed by atoms with van der Waals surface area (Å²) in [7, 11) is 0.282. The minimum Gasteiger partial charge on any atom is -0.476 e. The summed E-state index contributed by atoms with van der Waals surface area (Å²) in [6.45, 7) is 11.4. The van der Waals surface area contributed by atoms with Crippen molar-refractivity contribution >= 4 is 41.1 Å². The summed E-state index contributed by atoms with van der Waals surface area (Å²) in [5.74, 6) is 1.54. The van der Waals surface area contributed by atoms with Crippen molar-refractivity contribution in [2.75, 3.05) is 0 Å². The third-order valence-electron chi connectivity index (χ3n) is 9.05. The van der Waals surface area contributed by atoms with Gasteiger partial charge in [0, 0.05) is 10.7 Å². The zero-order chi connectivity index (χ0) is 28.6. The Balaban J connectivity index is 1.42. The van der Waals surface area contributed by atoms with E-state index in [0.29, 0.717) is 5.92 Å². The van der Waals surface area contributed by atoms with Gasteiger partial charge in [-0.05, 0) is 93.2 Å². The predicted molar refractivity (Wildman–Crippen MR) is 181 cm³/mol. The minimum atomic E-state index is -0.0969. The topological polar surface area (TPSA) is 9.23 Å². The number of fused-ring (bicyclic) bond motifs is 3. The summed E-state index contributed by atoms with van der Waals surface area (Å²) in [6, 6.07) is 40.2. The molecule has 6 aromatic rings. The standard InChI is InChI=1S/C39H39OP/c1-6-26(3)30-18-19-32-25-33(22-20-31(32)24-30)39(5,7-2)41-40-36-23-21-29-13-9-11-15-35(29)38(36)37-27(4)16-17-28-12-8-10-14-34(28)37/h8-26,41H,6-7H2,1-5H3. The van der Waals surface area contributed by atoms with Crippen LogP contribution >= 0.6 is 8.81 Å². The lowest BCUT2D eigenvalue weighted by molar-refractivity contribution is 0.560. The summed E-state index contributed by atoms with van der Waals surface area (Å²) in [6.07, 6.45) is 2.16. The maximum atomic E-state index is 6.92. The monoisotopic (exact) mass is 554 g/mol. The van der Waals surface area contributed by atoms with Gasteiger partial charge < -0.3 is 4.52 Å². The molecule has 1 nitrogen and oxygen atoms in total. The normalized spacial score (nSPS) is 14.2. The zero-order valence-corrected chi connectivity index (χ0v) is 25.8. The first kappa shape index (κ1) is 27.5. The lowest BCUT2D eigenvalue weighted by Gasteiger charge is -2.29. The van der Waals surface area contributed by atoms with Crippen LogP contribution in [0.25, 0.3) is 43.4 Å². The van der Waals surface area contributed by atoms with E-state index in [0.717, 1.165) is 18.6 Å². The van der Waals surface area contributed by atoms with Crippen molar-refractivity contribution < 1.29 is 4.52 Å². The van der Waals surface area contributed by atoms with Crippen LogP contribution in [0.3, 0.4) is 0 Å². The van der Waals surface area contributed by atoms with Gasteiger partial charge in [-0.2, -0.15) is 0 Å². The van der Waals surface area contributed by atoms with Gasteiger partial charge in [-0.3, -0.25) is 0 Å². The highest BCUT2D eigenvalue weighted by atomic mass is 31.1. The molecule has 6 rings (SSSR count). The Morgan fingerprint density at radius 1 is 0.683 bits per heavy atom. The number of rotatable bonds is 8. The molecule has 0 saturated carbocycles. The van der Waals surface area contributed by atoms with Crippen molar-refractivity contribution in [1.82, 2.24) is 0 Å². The van der Waals surface area contributed by atoms with Crippen LogP contribution in [0.1, 0.15) is 63.1 Å². The Morgan fingerprint density at radius 2 is 1.29 bits per heavy atom. The molecule has 0 bridgehead atoms. The summed E-state index contributed by atoms with van der Waals surface area (Å²) in [5.41, 5.74) is 6.48. The maximum absolute atomic E-state index is 6.92. The van der Waals surface area contributed by atoms with Gasteiger partial charge in [-0.15, -0.1) is 0 Å². The number of hydrogen-bond donors (Lipinski definition) is 0. The molecule has 6 aromatic carbocycles. The molecule has 0 aromatic heterocycles. The second kappa shape index (κ2) is 11.3. The van der Waals surface area contributed by atoms with E-state index in [1.54, 1.807) is 0 Å². The molecular weight excluding hydrogens is 515 g/mol. The fourth-order valence-corrected chi connectivity index (χ4v) is 6.88. The molecule has 0 amide bonds. The molecule has 0 aliphatic carbocycles. The summed E-state index contributed by atoms with van der Waals surface area (Å²) < 4.78 is 6.92. The highest BCUT2D eigenvalue weighted by molar-refractivity contribution is 7.34. The Bertz CT molecular complexity index is 1870. The molecule has 206 valence electrons. The fraction of sp³-hybridized carbons (Fsp3) is 0.231. The first-order valence-electron chi connectivity index (χ1n) is 14.9. The van der Waals surface area contributed by atoms with Gasteiger partial charge in [0.2, 0.25) is 0 Å². The highest BCUT2D eigenvalue weighted by Gasteiger charge is 2.28. The molecular formula is C39H39OP. The minimum absolute atomic E-state index is 0.0969. The zero-order valence-electron chi connectivity index (χ0n) is 24.8. The molecule has 0 radical (unpaired) electrons. The molecule has 2 heteroatoms. The van der Waals surface area contributed by atoms with Crippen LogP contribution in [0.5, 0.6) is 5.75 Å². The van der Waals surface area contributed by atoms with Gasteiger partial charge in [-0.1, -0.05) is 124 Å². The summed E-state index contributed by atoms with van der Waals surface area (Å²) in [5, 5.41) is 7.50. The van der Waals surface area contributed by atoms with E-state index >= 15 is 0 Å². The lowest BCUT2D eigenvalue weighted by atomic mass is 9.90. The first-order chi connectivity index (χ1) is 19.9. The van der Waals surface area contributed by atoms with Crippen LogP contribution in [0, 0.1) is 6.92 Å². The average Bonchev–Trinajstić information content (AvgIpc) is 3.02.